The number of hydrogen-bond donors (Lipinski definition) is 1. The van der Waals surface area contributed by atoms with Gasteiger partial charge in [-0.3, -0.25) is 9.59 Å². The summed E-state index contributed by atoms with van der Waals surface area (Å²) >= 11 is 1.28. The number of aromatic nitrogens is 1. The maximum atomic E-state index is 12.2. The van der Waals surface area contributed by atoms with Crippen molar-refractivity contribution in [3.8, 4) is 0 Å². The minimum atomic E-state index is -0.471. The van der Waals surface area contributed by atoms with E-state index in [0.29, 0.717) is 17.9 Å². The number of nitrogens with two attached hydrogens (primary N) is 1. The zero-order valence-electron chi connectivity index (χ0n) is 11.5. The van der Waals surface area contributed by atoms with Gasteiger partial charge >= 0.3 is 0 Å². The molecule has 7 heteroatoms. The van der Waals surface area contributed by atoms with Gasteiger partial charge in [0.15, 0.2) is 0 Å². The summed E-state index contributed by atoms with van der Waals surface area (Å²) in [5, 5.41) is 0.796. The number of nitrogens with zero attached hydrogens (tertiary/aromatic N) is 2. The van der Waals surface area contributed by atoms with Gasteiger partial charge in [0.2, 0.25) is 5.91 Å². The van der Waals surface area contributed by atoms with E-state index in [2.05, 4.69) is 4.98 Å². The van der Waals surface area contributed by atoms with Crippen LogP contribution in [0.15, 0.2) is 6.20 Å². The minimum Gasteiger partial charge on any atom is -0.384 e. The maximum Gasteiger partial charge on any atom is 0.260 e. The average Bonchev–Trinajstić information content (AvgIpc) is 2.94. The molecule has 1 aromatic heterocycles. The van der Waals surface area contributed by atoms with Crippen LogP contribution >= 0.6 is 11.3 Å². The molecule has 0 bridgehead atoms. The molecule has 110 valence electrons. The molecule has 1 atom stereocenters. The highest BCUT2D eigenvalue weighted by molar-refractivity contribution is 7.13. The van der Waals surface area contributed by atoms with E-state index in [0.717, 1.165) is 30.8 Å². The molecule has 20 heavy (non-hydrogen) atoms. The lowest BCUT2D eigenvalue weighted by Crippen LogP contribution is -2.38. The Bertz CT molecular complexity index is 489. The van der Waals surface area contributed by atoms with E-state index in [-0.39, 0.29) is 11.9 Å². The largest absolute Gasteiger partial charge is 0.384 e. The lowest BCUT2D eigenvalue weighted by Gasteiger charge is -2.34. The van der Waals surface area contributed by atoms with Gasteiger partial charge in [-0.15, -0.1) is 11.3 Å². The highest BCUT2D eigenvalue weighted by Crippen LogP contribution is 2.33. The van der Waals surface area contributed by atoms with E-state index in [9.17, 15) is 9.59 Å². The Kier molecular flexibility index (Phi) is 5.08. The van der Waals surface area contributed by atoms with Crippen molar-refractivity contribution in [2.24, 2.45) is 5.73 Å². The molecule has 2 amide bonds. The maximum absolute atomic E-state index is 12.2. The van der Waals surface area contributed by atoms with Gasteiger partial charge in [0, 0.05) is 13.7 Å². The van der Waals surface area contributed by atoms with Crippen LogP contribution in [0.4, 0.5) is 0 Å². The average molecular weight is 297 g/mol. The molecule has 1 aromatic rings. The predicted molar refractivity (Wildman–Crippen MR) is 75.4 cm³/mol. The molecule has 0 unspecified atom stereocenters. The fourth-order valence-corrected chi connectivity index (χ4v) is 3.29. The monoisotopic (exact) mass is 297 g/mol. The smallest absolute Gasteiger partial charge is 0.260 e. The molecule has 0 aliphatic carbocycles. The Hall–Kier alpha value is -1.47. The van der Waals surface area contributed by atoms with Gasteiger partial charge in [0.05, 0.1) is 25.3 Å². The summed E-state index contributed by atoms with van der Waals surface area (Å²) < 4.78 is 4.96. The van der Waals surface area contributed by atoms with Crippen LogP contribution in [0.2, 0.25) is 0 Å². The van der Waals surface area contributed by atoms with Crippen LogP contribution in [0, 0.1) is 0 Å². The molecule has 0 saturated carbocycles. The summed E-state index contributed by atoms with van der Waals surface area (Å²) in [5.74, 6) is -0.394. The van der Waals surface area contributed by atoms with Gasteiger partial charge in [-0.1, -0.05) is 0 Å². The highest BCUT2D eigenvalue weighted by Gasteiger charge is 2.30. The topological polar surface area (TPSA) is 85.5 Å². The molecule has 0 aromatic carbocycles. The van der Waals surface area contributed by atoms with Crippen molar-refractivity contribution in [2.45, 2.75) is 31.7 Å². The number of primary amides is 1. The Balaban J connectivity index is 2.13. The zero-order chi connectivity index (χ0) is 14.5. The number of amides is 2. The van der Waals surface area contributed by atoms with Crippen molar-refractivity contribution in [1.29, 1.82) is 0 Å². The third kappa shape index (κ3) is 3.34. The van der Waals surface area contributed by atoms with Crippen LogP contribution in [-0.2, 0) is 9.53 Å². The molecule has 1 aliphatic rings. The standard InChI is InChI=1S/C13H19N3O3S/c1-19-7-5-11(17)16-6-3-2-4-9(16)13-15-8-10(20-13)12(14)18/h8-9H,2-7H2,1H3,(H2,14,18)/t9-/m1/s1. The van der Waals surface area contributed by atoms with Gasteiger partial charge in [-0.25, -0.2) is 4.98 Å². The minimum absolute atomic E-state index is 0.0359. The lowest BCUT2D eigenvalue weighted by atomic mass is 10.0. The Morgan fingerprint density at radius 1 is 1.55 bits per heavy atom. The highest BCUT2D eigenvalue weighted by atomic mass is 32.1. The van der Waals surface area contributed by atoms with Crippen molar-refractivity contribution in [3.63, 3.8) is 0 Å². The Labute approximate surface area is 121 Å². The predicted octanol–water partition coefficient (Wildman–Crippen LogP) is 1.33. The first-order chi connectivity index (χ1) is 9.63. The normalized spacial score (nSPS) is 19.1. The number of carbonyl (C=O) groups excluding carboxylic acids is 2. The zero-order valence-corrected chi connectivity index (χ0v) is 12.3. The van der Waals surface area contributed by atoms with E-state index in [1.54, 1.807) is 7.11 Å². The number of hydrogen-bond acceptors (Lipinski definition) is 5. The number of likely N-dealkylation sites (tertiary alicyclic amines) is 1. The molecular formula is C13H19N3O3S. The number of piperidine rings is 1. The molecule has 1 aliphatic heterocycles. The number of methoxy groups -OCH3 is 1. The van der Waals surface area contributed by atoms with Crippen molar-refractivity contribution >= 4 is 23.2 Å². The second-order valence-corrected chi connectivity index (χ2v) is 5.83. The molecule has 1 fully saturated rings. The van der Waals surface area contributed by atoms with E-state index in [4.69, 9.17) is 10.5 Å². The van der Waals surface area contributed by atoms with E-state index < -0.39 is 5.91 Å². The van der Waals surface area contributed by atoms with Crippen molar-refractivity contribution in [1.82, 2.24) is 9.88 Å². The van der Waals surface area contributed by atoms with Crippen LogP contribution in [0.3, 0.4) is 0 Å². The third-order valence-electron chi connectivity index (χ3n) is 3.39. The molecule has 2 rings (SSSR count). The molecular weight excluding hydrogens is 278 g/mol. The summed E-state index contributed by atoms with van der Waals surface area (Å²) in [7, 11) is 1.58. The summed E-state index contributed by atoms with van der Waals surface area (Å²) in [6, 6.07) is -0.0359. The van der Waals surface area contributed by atoms with Crippen molar-refractivity contribution in [3.05, 3.63) is 16.1 Å². The number of ether oxygens (including phenoxy) is 1. The second-order valence-electron chi connectivity index (χ2n) is 4.77. The number of carbonyl (C=O) groups is 2. The molecule has 1 saturated heterocycles. The first kappa shape index (κ1) is 14.9. The quantitative estimate of drug-likeness (QED) is 0.888. The van der Waals surface area contributed by atoms with Gasteiger partial charge < -0.3 is 15.4 Å². The molecule has 2 N–H and O–H groups in total. The van der Waals surface area contributed by atoms with E-state index in [1.807, 2.05) is 4.90 Å². The van der Waals surface area contributed by atoms with E-state index in [1.165, 1.54) is 17.5 Å². The SMILES string of the molecule is COCCC(=O)N1CCCC[C@@H]1c1ncc(C(N)=O)s1. The van der Waals surface area contributed by atoms with E-state index >= 15 is 0 Å². The number of thiazole rings is 1. The fourth-order valence-electron chi connectivity index (χ4n) is 2.38. The lowest BCUT2D eigenvalue weighted by molar-refractivity contribution is -0.136. The third-order valence-corrected chi connectivity index (χ3v) is 4.51. The molecule has 2 heterocycles. The van der Waals surface area contributed by atoms with Crippen LogP contribution in [0.1, 0.15) is 46.4 Å². The molecule has 6 nitrogen and oxygen atoms in total. The summed E-state index contributed by atoms with van der Waals surface area (Å²) in [6.07, 6.45) is 4.81. The molecule has 0 spiro atoms. The first-order valence-electron chi connectivity index (χ1n) is 6.67. The van der Waals surface area contributed by atoms with Crippen molar-refractivity contribution < 1.29 is 14.3 Å². The van der Waals surface area contributed by atoms with Gasteiger partial charge in [-0.05, 0) is 19.3 Å². The van der Waals surface area contributed by atoms with Crippen LogP contribution < -0.4 is 5.73 Å². The Morgan fingerprint density at radius 3 is 3.00 bits per heavy atom. The fraction of sp³-hybridized carbons (Fsp3) is 0.615. The van der Waals surface area contributed by atoms with Gasteiger partial charge in [0.1, 0.15) is 9.88 Å². The summed E-state index contributed by atoms with van der Waals surface area (Å²) in [4.78, 5) is 29.9. The van der Waals surface area contributed by atoms with Gasteiger partial charge in [-0.2, -0.15) is 0 Å². The summed E-state index contributed by atoms with van der Waals surface area (Å²) in [5.41, 5.74) is 5.25. The van der Waals surface area contributed by atoms with Gasteiger partial charge in [0.25, 0.3) is 5.91 Å². The Morgan fingerprint density at radius 2 is 2.35 bits per heavy atom. The first-order valence-corrected chi connectivity index (χ1v) is 7.49. The van der Waals surface area contributed by atoms with Crippen LogP contribution in [0.5, 0.6) is 0 Å². The number of rotatable bonds is 5. The summed E-state index contributed by atoms with van der Waals surface area (Å²) in [6.45, 7) is 1.16. The van der Waals surface area contributed by atoms with Crippen LogP contribution in [0.25, 0.3) is 0 Å². The van der Waals surface area contributed by atoms with Crippen molar-refractivity contribution in [2.75, 3.05) is 20.3 Å². The molecule has 0 radical (unpaired) electrons. The second kappa shape index (κ2) is 6.81. The van der Waals surface area contributed by atoms with Crippen LogP contribution in [-0.4, -0.2) is 42.0 Å².